The maximum atomic E-state index is 12.1. The number of nitrogens with one attached hydrogen (secondary N) is 1. The van der Waals surface area contributed by atoms with Crippen LogP contribution in [-0.2, 0) is 14.3 Å². The number of rotatable bonds is 9. The summed E-state index contributed by atoms with van der Waals surface area (Å²) in [5.74, 6) is -0.281. The first-order valence-electron chi connectivity index (χ1n) is 8.75. The smallest absolute Gasteiger partial charge is 0.344 e. The lowest BCUT2D eigenvalue weighted by molar-refractivity contribution is -0.149. The minimum absolute atomic E-state index is 0.244. The van der Waals surface area contributed by atoms with Gasteiger partial charge in [0.2, 0.25) is 0 Å². The fraction of sp³-hybridized carbons (Fsp3) is 0.286. The van der Waals surface area contributed by atoms with Crippen molar-refractivity contribution in [2.45, 2.75) is 19.8 Å². The molecule has 0 unspecified atom stereocenters. The standard InChI is InChI=1S/C21H23NO6/c1-14(2)16-6-4-5-7-17(16)22-20(24)12-28-21(25)13-27-18-9-8-15(11-23)10-19(18)26-3/h4-11,14H,12-13H2,1-3H3,(H,22,24). The van der Waals surface area contributed by atoms with E-state index in [0.717, 1.165) is 5.56 Å². The number of carbonyl (C=O) groups excluding carboxylic acids is 3. The van der Waals surface area contributed by atoms with Gasteiger partial charge in [0.05, 0.1) is 7.11 Å². The largest absolute Gasteiger partial charge is 0.493 e. The average Bonchev–Trinajstić information content (AvgIpc) is 2.70. The second kappa shape index (κ2) is 10.1. The van der Waals surface area contributed by atoms with Crippen molar-refractivity contribution in [2.75, 3.05) is 25.6 Å². The molecule has 0 saturated heterocycles. The molecule has 2 rings (SSSR count). The van der Waals surface area contributed by atoms with E-state index < -0.39 is 25.1 Å². The summed E-state index contributed by atoms with van der Waals surface area (Å²) in [6.45, 7) is 3.24. The highest BCUT2D eigenvalue weighted by Gasteiger charge is 2.13. The van der Waals surface area contributed by atoms with Gasteiger partial charge in [0, 0.05) is 11.3 Å². The Bertz CT molecular complexity index is 847. The number of hydrogen-bond donors (Lipinski definition) is 1. The van der Waals surface area contributed by atoms with Crippen LogP contribution in [0.4, 0.5) is 5.69 Å². The van der Waals surface area contributed by atoms with Gasteiger partial charge in [-0.25, -0.2) is 4.79 Å². The molecule has 7 heteroatoms. The first kappa shape index (κ1) is 21.0. The van der Waals surface area contributed by atoms with Crippen LogP contribution in [0.5, 0.6) is 11.5 Å². The predicted octanol–water partition coefficient (Wildman–Crippen LogP) is 3.19. The number of esters is 1. The van der Waals surface area contributed by atoms with Crippen molar-refractivity contribution in [2.24, 2.45) is 0 Å². The maximum absolute atomic E-state index is 12.1. The summed E-state index contributed by atoms with van der Waals surface area (Å²) in [5, 5.41) is 2.74. The Morgan fingerprint density at radius 3 is 2.50 bits per heavy atom. The van der Waals surface area contributed by atoms with E-state index in [2.05, 4.69) is 5.32 Å². The Labute approximate surface area is 163 Å². The Balaban J connectivity index is 1.84. The average molecular weight is 385 g/mol. The van der Waals surface area contributed by atoms with E-state index in [9.17, 15) is 14.4 Å². The third-order valence-corrected chi connectivity index (χ3v) is 3.89. The highest BCUT2D eigenvalue weighted by molar-refractivity contribution is 5.93. The highest BCUT2D eigenvalue weighted by atomic mass is 16.6. The van der Waals surface area contributed by atoms with Crippen LogP contribution in [0.25, 0.3) is 0 Å². The van der Waals surface area contributed by atoms with Gasteiger partial charge in [0.25, 0.3) is 5.91 Å². The van der Waals surface area contributed by atoms with Crippen molar-refractivity contribution in [3.05, 3.63) is 53.6 Å². The molecule has 0 aromatic heterocycles. The van der Waals surface area contributed by atoms with E-state index in [0.29, 0.717) is 29.0 Å². The van der Waals surface area contributed by atoms with Crippen molar-refractivity contribution in [1.82, 2.24) is 0 Å². The summed E-state index contributed by atoms with van der Waals surface area (Å²) in [6, 6.07) is 12.0. The molecule has 0 spiro atoms. The summed E-state index contributed by atoms with van der Waals surface area (Å²) in [6.07, 6.45) is 0.677. The minimum Gasteiger partial charge on any atom is -0.493 e. The van der Waals surface area contributed by atoms with Crippen LogP contribution in [0.1, 0.15) is 35.7 Å². The number of para-hydroxylation sites is 1. The van der Waals surface area contributed by atoms with Gasteiger partial charge in [0.15, 0.2) is 24.7 Å². The van der Waals surface area contributed by atoms with Gasteiger partial charge in [-0.2, -0.15) is 0 Å². The topological polar surface area (TPSA) is 90.9 Å². The van der Waals surface area contributed by atoms with Crippen LogP contribution >= 0.6 is 0 Å². The maximum Gasteiger partial charge on any atom is 0.344 e. The monoisotopic (exact) mass is 385 g/mol. The molecule has 2 aromatic rings. The van der Waals surface area contributed by atoms with Crippen LogP contribution in [0, 0.1) is 0 Å². The molecule has 1 amide bonds. The zero-order chi connectivity index (χ0) is 20.5. The first-order chi connectivity index (χ1) is 13.4. The zero-order valence-corrected chi connectivity index (χ0v) is 16.1. The summed E-state index contributed by atoms with van der Waals surface area (Å²) in [7, 11) is 1.43. The third kappa shape index (κ3) is 5.84. The molecule has 1 N–H and O–H groups in total. The second-order valence-corrected chi connectivity index (χ2v) is 6.27. The number of anilines is 1. The van der Waals surface area contributed by atoms with Gasteiger partial charge in [-0.3, -0.25) is 9.59 Å². The van der Waals surface area contributed by atoms with Crippen LogP contribution in [0.3, 0.4) is 0 Å². The van der Waals surface area contributed by atoms with Gasteiger partial charge in [0.1, 0.15) is 6.29 Å². The molecule has 0 aliphatic heterocycles. The number of benzene rings is 2. The van der Waals surface area contributed by atoms with Crippen molar-refractivity contribution in [3.63, 3.8) is 0 Å². The van der Waals surface area contributed by atoms with Crippen LogP contribution in [0.15, 0.2) is 42.5 Å². The normalized spacial score (nSPS) is 10.3. The lowest BCUT2D eigenvalue weighted by atomic mass is 10.0. The molecule has 0 aliphatic rings. The third-order valence-electron chi connectivity index (χ3n) is 3.89. The number of amides is 1. The number of methoxy groups -OCH3 is 1. The fourth-order valence-corrected chi connectivity index (χ4v) is 2.50. The van der Waals surface area contributed by atoms with Crippen molar-refractivity contribution in [1.29, 1.82) is 0 Å². The quantitative estimate of drug-likeness (QED) is 0.527. The van der Waals surface area contributed by atoms with Gasteiger partial charge in [-0.15, -0.1) is 0 Å². The molecule has 0 heterocycles. The van der Waals surface area contributed by atoms with E-state index in [1.54, 1.807) is 6.07 Å². The number of hydrogen-bond acceptors (Lipinski definition) is 6. The summed E-state index contributed by atoms with van der Waals surface area (Å²) in [4.78, 5) is 34.7. The van der Waals surface area contributed by atoms with Crippen molar-refractivity contribution >= 4 is 23.9 Å². The number of ether oxygens (including phenoxy) is 3. The van der Waals surface area contributed by atoms with Crippen LogP contribution in [0.2, 0.25) is 0 Å². The second-order valence-electron chi connectivity index (χ2n) is 6.27. The van der Waals surface area contributed by atoms with Gasteiger partial charge in [-0.05, 0) is 35.7 Å². The van der Waals surface area contributed by atoms with Gasteiger partial charge >= 0.3 is 5.97 Å². The van der Waals surface area contributed by atoms with E-state index in [1.165, 1.54) is 25.3 Å². The molecule has 0 aliphatic carbocycles. The van der Waals surface area contributed by atoms with Crippen LogP contribution < -0.4 is 14.8 Å². The minimum atomic E-state index is -0.700. The lowest BCUT2D eigenvalue weighted by Crippen LogP contribution is -2.24. The van der Waals surface area contributed by atoms with Crippen molar-refractivity contribution < 1.29 is 28.6 Å². The molecular formula is C21H23NO6. The Morgan fingerprint density at radius 1 is 1.07 bits per heavy atom. The Morgan fingerprint density at radius 2 is 1.82 bits per heavy atom. The summed E-state index contributed by atoms with van der Waals surface area (Å²) in [5.41, 5.74) is 2.11. The van der Waals surface area contributed by atoms with Gasteiger partial charge < -0.3 is 19.5 Å². The molecule has 0 fully saturated rings. The fourth-order valence-electron chi connectivity index (χ4n) is 2.50. The van der Waals surface area contributed by atoms with Crippen molar-refractivity contribution in [3.8, 4) is 11.5 Å². The van der Waals surface area contributed by atoms with Crippen LogP contribution in [-0.4, -0.2) is 38.5 Å². The molecule has 0 radical (unpaired) electrons. The Hall–Kier alpha value is -3.35. The molecule has 0 saturated carbocycles. The molecule has 2 aromatic carbocycles. The first-order valence-corrected chi connectivity index (χ1v) is 8.75. The molecule has 7 nitrogen and oxygen atoms in total. The molecule has 0 bridgehead atoms. The SMILES string of the molecule is COc1cc(C=O)ccc1OCC(=O)OCC(=O)Nc1ccccc1C(C)C. The zero-order valence-electron chi connectivity index (χ0n) is 16.1. The predicted molar refractivity (Wildman–Crippen MR) is 104 cm³/mol. The molecule has 28 heavy (non-hydrogen) atoms. The number of carbonyl (C=O) groups is 3. The summed E-state index contributed by atoms with van der Waals surface area (Å²) >= 11 is 0. The number of aldehydes is 1. The Kier molecular flexibility index (Phi) is 7.56. The molecule has 148 valence electrons. The van der Waals surface area contributed by atoms with E-state index in [-0.39, 0.29) is 5.92 Å². The lowest BCUT2D eigenvalue weighted by Gasteiger charge is -2.14. The van der Waals surface area contributed by atoms with Gasteiger partial charge in [-0.1, -0.05) is 32.0 Å². The van der Waals surface area contributed by atoms with E-state index in [4.69, 9.17) is 14.2 Å². The van der Waals surface area contributed by atoms with E-state index in [1.807, 2.05) is 32.0 Å². The molecular weight excluding hydrogens is 362 g/mol. The summed E-state index contributed by atoms with van der Waals surface area (Å²) < 4.78 is 15.4. The van der Waals surface area contributed by atoms with E-state index >= 15 is 0 Å². The highest BCUT2D eigenvalue weighted by Crippen LogP contribution is 2.27. The molecule has 0 atom stereocenters.